The van der Waals surface area contributed by atoms with Crippen LogP contribution in [0.3, 0.4) is 0 Å². The van der Waals surface area contributed by atoms with Gasteiger partial charge in [-0.3, -0.25) is 9.36 Å². The Kier molecular flexibility index (Phi) is 4.02. The van der Waals surface area contributed by atoms with Gasteiger partial charge in [-0.25, -0.2) is 4.79 Å². The van der Waals surface area contributed by atoms with E-state index in [0.29, 0.717) is 29.6 Å². The van der Waals surface area contributed by atoms with E-state index in [-0.39, 0.29) is 5.91 Å². The average molecular weight is 310 g/mol. The van der Waals surface area contributed by atoms with Crippen molar-refractivity contribution in [3.8, 4) is 0 Å². The minimum Gasteiger partial charge on any atom is -0.408 e. The number of nitrogens with zero attached hydrogens (tertiary/aromatic N) is 1. The second-order valence-electron chi connectivity index (χ2n) is 5.58. The Hall–Kier alpha value is -2.82. The van der Waals surface area contributed by atoms with Crippen LogP contribution in [0.25, 0.3) is 11.1 Å². The number of carbonyl (C=O) groups excluding carboxylic acids is 1. The van der Waals surface area contributed by atoms with E-state index in [9.17, 15) is 9.59 Å². The van der Waals surface area contributed by atoms with Gasteiger partial charge in [-0.2, -0.15) is 0 Å². The second-order valence-corrected chi connectivity index (χ2v) is 5.58. The average Bonchev–Trinajstić information content (AvgIpc) is 2.81. The quantitative estimate of drug-likeness (QED) is 0.805. The molecule has 0 unspecified atom stereocenters. The molecule has 1 heterocycles. The van der Waals surface area contributed by atoms with Crippen LogP contribution in [0.2, 0.25) is 0 Å². The highest BCUT2D eigenvalue weighted by atomic mass is 16.4. The Morgan fingerprint density at radius 1 is 1.22 bits per heavy atom. The van der Waals surface area contributed by atoms with Crippen molar-refractivity contribution in [2.24, 2.45) is 7.05 Å². The summed E-state index contributed by atoms with van der Waals surface area (Å²) in [5, 5.41) is 2.84. The molecule has 1 N–H and O–H groups in total. The minimum absolute atomic E-state index is 0.0640. The molecule has 0 aliphatic heterocycles. The predicted molar refractivity (Wildman–Crippen MR) is 89.6 cm³/mol. The van der Waals surface area contributed by atoms with Gasteiger partial charge in [0.1, 0.15) is 0 Å². The van der Waals surface area contributed by atoms with Crippen LogP contribution >= 0.6 is 0 Å². The van der Waals surface area contributed by atoms with Gasteiger partial charge in [-0.05, 0) is 36.6 Å². The molecular formula is C18H18N2O3. The maximum Gasteiger partial charge on any atom is 0.419 e. The van der Waals surface area contributed by atoms with Crippen molar-refractivity contribution in [2.45, 2.75) is 19.8 Å². The van der Waals surface area contributed by atoms with Gasteiger partial charge in [0.05, 0.1) is 5.52 Å². The fraction of sp³-hybridized carbons (Fsp3) is 0.222. The van der Waals surface area contributed by atoms with E-state index in [1.165, 1.54) is 15.7 Å². The Bertz CT molecular complexity index is 921. The van der Waals surface area contributed by atoms with Gasteiger partial charge in [0.2, 0.25) is 5.91 Å². The van der Waals surface area contributed by atoms with Gasteiger partial charge >= 0.3 is 5.76 Å². The van der Waals surface area contributed by atoms with Crippen molar-refractivity contribution >= 4 is 22.7 Å². The lowest BCUT2D eigenvalue weighted by Crippen LogP contribution is -2.12. The number of hydrogen-bond acceptors (Lipinski definition) is 3. The topological polar surface area (TPSA) is 64.2 Å². The van der Waals surface area contributed by atoms with Crippen LogP contribution in [0.5, 0.6) is 0 Å². The Morgan fingerprint density at radius 3 is 2.78 bits per heavy atom. The maximum atomic E-state index is 12.1. The van der Waals surface area contributed by atoms with Crippen LogP contribution in [0.4, 0.5) is 5.69 Å². The molecule has 1 aromatic heterocycles. The first kappa shape index (κ1) is 15.1. The molecular weight excluding hydrogens is 292 g/mol. The lowest BCUT2D eigenvalue weighted by molar-refractivity contribution is -0.116. The lowest BCUT2D eigenvalue weighted by Gasteiger charge is -2.07. The van der Waals surface area contributed by atoms with Crippen LogP contribution in [-0.4, -0.2) is 10.5 Å². The van der Waals surface area contributed by atoms with E-state index in [0.717, 1.165) is 0 Å². The highest BCUT2D eigenvalue weighted by molar-refractivity contribution is 5.92. The Labute approximate surface area is 133 Å². The van der Waals surface area contributed by atoms with Gasteiger partial charge in [0, 0.05) is 25.2 Å². The fourth-order valence-corrected chi connectivity index (χ4v) is 2.57. The number of anilines is 1. The van der Waals surface area contributed by atoms with Gasteiger partial charge in [0.25, 0.3) is 0 Å². The minimum atomic E-state index is -0.414. The van der Waals surface area contributed by atoms with Crippen molar-refractivity contribution in [1.82, 2.24) is 4.57 Å². The number of fused-ring (bicyclic) bond motifs is 1. The molecule has 5 nitrogen and oxygen atoms in total. The molecule has 0 bridgehead atoms. The second kappa shape index (κ2) is 6.12. The molecule has 0 fully saturated rings. The molecule has 0 saturated carbocycles. The van der Waals surface area contributed by atoms with Crippen LogP contribution < -0.4 is 11.1 Å². The Morgan fingerprint density at radius 2 is 2.00 bits per heavy atom. The van der Waals surface area contributed by atoms with Crippen molar-refractivity contribution in [3.05, 3.63) is 64.1 Å². The zero-order valence-electron chi connectivity index (χ0n) is 13.1. The van der Waals surface area contributed by atoms with Gasteiger partial charge in [0.15, 0.2) is 5.58 Å². The van der Waals surface area contributed by atoms with E-state index in [1.807, 2.05) is 31.2 Å². The predicted octanol–water partition coefficient (Wildman–Crippen LogP) is 3.01. The van der Waals surface area contributed by atoms with Crippen LogP contribution in [0.1, 0.15) is 17.5 Å². The number of benzene rings is 2. The number of nitrogens with one attached hydrogen (secondary N) is 1. The van der Waals surface area contributed by atoms with E-state index in [4.69, 9.17) is 4.42 Å². The van der Waals surface area contributed by atoms with Gasteiger partial charge < -0.3 is 9.73 Å². The summed E-state index contributed by atoms with van der Waals surface area (Å²) in [4.78, 5) is 23.6. The zero-order valence-corrected chi connectivity index (χ0v) is 13.1. The number of hydrogen-bond donors (Lipinski definition) is 1. The summed E-state index contributed by atoms with van der Waals surface area (Å²) in [6, 6.07) is 13.2. The Balaban J connectivity index is 1.68. The van der Waals surface area contributed by atoms with Gasteiger partial charge in [-0.1, -0.05) is 24.3 Å². The van der Waals surface area contributed by atoms with E-state index >= 15 is 0 Å². The molecule has 3 rings (SSSR count). The maximum absolute atomic E-state index is 12.1. The number of aryl methyl sites for hydroxylation is 3. The standard InChI is InChI=1S/C18H18N2O3/c1-12-5-3-4-6-13(12)7-10-17(21)19-14-8-9-15-16(11-14)23-18(22)20(15)2/h3-6,8-9,11H,7,10H2,1-2H3,(H,19,21). The monoisotopic (exact) mass is 310 g/mol. The number of carbonyl (C=O) groups is 1. The summed E-state index contributed by atoms with van der Waals surface area (Å²) in [6.07, 6.45) is 1.10. The lowest BCUT2D eigenvalue weighted by atomic mass is 10.0. The normalized spacial score (nSPS) is 10.9. The largest absolute Gasteiger partial charge is 0.419 e. The summed E-state index contributed by atoms with van der Waals surface area (Å²) in [7, 11) is 1.65. The summed E-state index contributed by atoms with van der Waals surface area (Å²) >= 11 is 0. The zero-order chi connectivity index (χ0) is 16.4. The molecule has 0 atom stereocenters. The van der Waals surface area contributed by atoms with Crippen molar-refractivity contribution in [2.75, 3.05) is 5.32 Å². The molecule has 2 aromatic carbocycles. The summed E-state index contributed by atoms with van der Waals surface area (Å²) < 4.78 is 6.55. The SMILES string of the molecule is Cc1ccccc1CCC(=O)Nc1ccc2c(c1)oc(=O)n2C. The molecule has 0 radical (unpaired) electrons. The van der Waals surface area contributed by atoms with Crippen LogP contribution in [0.15, 0.2) is 51.7 Å². The molecule has 5 heteroatoms. The summed E-state index contributed by atoms with van der Waals surface area (Å²) in [6.45, 7) is 2.04. The molecule has 23 heavy (non-hydrogen) atoms. The highest BCUT2D eigenvalue weighted by Gasteiger charge is 2.09. The van der Waals surface area contributed by atoms with Gasteiger partial charge in [-0.15, -0.1) is 0 Å². The van der Waals surface area contributed by atoms with Crippen LogP contribution in [0, 0.1) is 6.92 Å². The number of amides is 1. The molecule has 118 valence electrons. The first-order valence-corrected chi connectivity index (χ1v) is 7.48. The molecule has 0 aliphatic carbocycles. The van der Waals surface area contributed by atoms with Crippen LogP contribution in [-0.2, 0) is 18.3 Å². The first-order valence-electron chi connectivity index (χ1n) is 7.48. The van der Waals surface area contributed by atoms with E-state index in [1.54, 1.807) is 25.2 Å². The summed E-state index contributed by atoms with van der Waals surface area (Å²) in [5.74, 6) is -0.478. The fourth-order valence-electron chi connectivity index (χ4n) is 2.57. The molecule has 0 spiro atoms. The van der Waals surface area contributed by atoms with Crippen molar-refractivity contribution in [1.29, 1.82) is 0 Å². The molecule has 3 aromatic rings. The van der Waals surface area contributed by atoms with Crippen molar-refractivity contribution < 1.29 is 9.21 Å². The third-order valence-electron chi connectivity index (χ3n) is 3.96. The summed E-state index contributed by atoms with van der Waals surface area (Å²) in [5.41, 5.74) is 4.16. The first-order chi connectivity index (χ1) is 11.0. The highest BCUT2D eigenvalue weighted by Crippen LogP contribution is 2.18. The molecule has 0 aliphatic rings. The van der Waals surface area contributed by atoms with E-state index < -0.39 is 5.76 Å². The van der Waals surface area contributed by atoms with Crippen molar-refractivity contribution in [3.63, 3.8) is 0 Å². The third kappa shape index (κ3) is 3.18. The number of oxazole rings is 1. The molecule has 0 saturated heterocycles. The van der Waals surface area contributed by atoms with E-state index in [2.05, 4.69) is 5.32 Å². The smallest absolute Gasteiger partial charge is 0.408 e. The number of rotatable bonds is 4. The molecule has 1 amide bonds. The third-order valence-corrected chi connectivity index (χ3v) is 3.96. The number of aromatic nitrogens is 1.